The van der Waals surface area contributed by atoms with Crippen molar-refractivity contribution in [2.24, 2.45) is 7.05 Å². The van der Waals surface area contributed by atoms with Crippen molar-refractivity contribution < 1.29 is 4.92 Å². The molecule has 0 atom stereocenters. The van der Waals surface area contributed by atoms with Crippen LogP contribution in [-0.4, -0.2) is 32.0 Å². The average molecular weight is 256 g/mol. The Bertz CT molecular complexity index is 422. The fraction of sp³-hybridized carbons (Fsp3) is 0.700. The van der Waals surface area contributed by atoms with E-state index in [0.29, 0.717) is 5.82 Å². The van der Waals surface area contributed by atoms with Gasteiger partial charge in [0.1, 0.15) is 0 Å². The van der Waals surface area contributed by atoms with Crippen LogP contribution in [0.1, 0.15) is 19.3 Å². The molecular formula is C10H16N4O2S. The Morgan fingerprint density at radius 2 is 2.41 bits per heavy atom. The molecule has 0 amide bonds. The van der Waals surface area contributed by atoms with Crippen molar-refractivity contribution >= 4 is 23.4 Å². The summed E-state index contributed by atoms with van der Waals surface area (Å²) in [7, 11) is 1.76. The molecule has 1 aliphatic rings. The van der Waals surface area contributed by atoms with Gasteiger partial charge >= 0.3 is 5.82 Å². The van der Waals surface area contributed by atoms with Gasteiger partial charge in [-0.15, -0.1) is 0 Å². The number of rotatable bonds is 5. The zero-order chi connectivity index (χ0) is 12.5. The molecule has 2 rings (SSSR count). The van der Waals surface area contributed by atoms with E-state index >= 15 is 0 Å². The van der Waals surface area contributed by atoms with E-state index in [-0.39, 0.29) is 10.6 Å². The minimum absolute atomic E-state index is 0.0944. The molecule has 0 spiro atoms. The summed E-state index contributed by atoms with van der Waals surface area (Å²) in [5, 5.41) is 14.0. The number of hydrogen-bond acceptors (Lipinski definition) is 5. The molecule has 0 radical (unpaired) electrons. The number of thioether (sulfide) groups is 1. The van der Waals surface area contributed by atoms with Gasteiger partial charge in [-0.05, 0) is 29.0 Å². The summed E-state index contributed by atoms with van der Waals surface area (Å²) >= 11 is 1.84. The molecule has 1 aromatic rings. The topological polar surface area (TPSA) is 73.0 Å². The molecule has 0 aromatic carbocycles. The molecule has 1 fully saturated rings. The standard InChI is InChI=1S/C10H16N4O2S/c1-13-7-12-9(14(15)16)8(13)11-6-10(17-2)4-3-5-10/h7,11H,3-6H2,1-2H3. The van der Waals surface area contributed by atoms with E-state index in [9.17, 15) is 10.1 Å². The Kier molecular flexibility index (Phi) is 3.28. The number of nitrogens with one attached hydrogen (secondary N) is 1. The van der Waals surface area contributed by atoms with Gasteiger partial charge in [0.2, 0.25) is 12.1 Å². The molecule has 0 bridgehead atoms. The Morgan fingerprint density at radius 1 is 1.71 bits per heavy atom. The Labute approximate surface area is 104 Å². The van der Waals surface area contributed by atoms with Crippen LogP contribution in [0.5, 0.6) is 0 Å². The van der Waals surface area contributed by atoms with E-state index in [0.717, 1.165) is 6.54 Å². The minimum atomic E-state index is -0.450. The summed E-state index contributed by atoms with van der Waals surface area (Å²) in [6, 6.07) is 0. The van der Waals surface area contributed by atoms with Crippen molar-refractivity contribution in [3.05, 3.63) is 16.4 Å². The maximum Gasteiger partial charge on any atom is 0.406 e. The van der Waals surface area contributed by atoms with Crippen LogP contribution >= 0.6 is 11.8 Å². The van der Waals surface area contributed by atoms with Crippen LogP contribution in [-0.2, 0) is 7.05 Å². The van der Waals surface area contributed by atoms with E-state index in [1.54, 1.807) is 11.6 Å². The molecule has 17 heavy (non-hydrogen) atoms. The number of nitrogens with zero attached hydrogens (tertiary/aromatic N) is 3. The highest BCUT2D eigenvalue weighted by Crippen LogP contribution is 2.43. The van der Waals surface area contributed by atoms with E-state index in [2.05, 4.69) is 16.6 Å². The first-order valence-corrected chi connectivity index (χ1v) is 6.75. The molecule has 0 aliphatic heterocycles. The number of imidazole rings is 1. The molecule has 6 nitrogen and oxygen atoms in total. The van der Waals surface area contributed by atoms with Gasteiger partial charge in [-0.2, -0.15) is 11.8 Å². The third-order valence-corrected chi connectivity index (χ3v) is 4.79. The smallest absolute Gasteiger partial charge is 0.363 e. The SMILES string of the molecule is CSC1(CNc2c([N+](=O)[O-])ncn2C)CCC1. The first-order valence-electron chi connectivity index (χ1n) is 5.53. The fourth-order valence-electron chi connectivity index (χ4n) is 2.02. The van der Waals surface area contributed by atoms with Gasteiger partial charge < -0.3 is 15.4 Å². The number of nitro groups is 1. The average Bonchev–Trinajstić information content (AvgIpc) is 2.59. The molecular weight excluding hydrogens is 240 g/mol. The molecule has 0 unspecified atom stereocenters. The largest absolute Gasteiger partial charge is 0.406 e. The number of hydrogen-bond donors (Lipinski definition) is 1. The van der Waals surface area contributed by atoms with Crippen molar-refractivity contribution in [3.63, 3.8) is 0 Å². The van der Waals surface area contributed by atoms with Gasteiger partial charge in [0.15, 0.2) is 0 Å². The molecule has 1 aromatic heterocycles. The van der Waals surface area contributed by atoms with Crippen molar-refractivity contribution in [2.75, 3.05) is 18.1 Å². The second-order valence-electron chi connectivity index (χ2n) is 4.38. The Morgan fingerprint density at radius 3 is 2.88 bits per heavy atom. The Balaban J connectivity index is 2.08. The van der Waals surface area contributed by atoms with Gasteiger partial charge in [0, 0.05) is 18.3 Å². The zero-order valence-corrected chi connectivity index (χ0v) is 10.8. The van der Waals surface area contributed by atoms with Crippen molar-refractivity contribution in [1.29, 1.82) is 0 Å². The summed E-state index contributed by atoms with van der Waals surface area (Å²) in [6.07, 6.45) is 7.15. The van der Waals surface area contributed by atoms with Gasteiger partial charge in [-0.1, -0.05) is 6.42 Å². The summed E-state index contributed by atoms with van der Waals surface area (Å²) < 4.78 is 1.91. The number of aromatic nitrogens is 2. The normalized spacial score (nSPS) is 17.5. The maximum absolute atomic E-state index is 10.8. The molecule has 94 valence electrons. The number of anilines is 1. The molecule has 1 aliphatic carbocycles. The Hall–Kier alpha value is -1.24. The van der Waals surface area contributed by atoms with E-state index in [1.807, 2.05) is 11.8 Å². The van der Waals surface area contributed by atoms with E-state index in [4.69, 9.17) is 0 Å². The second-order valence-corrected chi connectivity index (χ2v) is 5.65. The highest BCUT2D eigenvalue weighted by Gasteiger charge is 2.36. The lowest BCUT2D eigenvalue weighted by molar-refractivity contribution is -0.388. The van der Waals surface area contributed by atoms with Crippen molar-refractivity contribution in [3.8, 4) is 0 Å². The fourth-order valence-corrected chi connectivity index (χ4v) is 2.94. The van der Waals surface area contributed by atoms with Crippen LogP contribution in [0.15, 0.2) is 6.33 Å². The predicted molar refractivity (Wildman–Crippen MR) is 68.4 cm³/mol. The monoisotopic (exact) mass is 256 g/mol. The summed E-state index contributed by atoms with van der Waals surface area (Å²) in [6.45, 7) is 0.758. The molecule has 7 heteroatoms. The molecule has 0 saturated heterocycles. The molecule has 1 N–H and O–H groups in total. The van der Waals surface area contributed by atoms with Gasteiger partial charge in [-0.3, -0.25) is 4.57 Å². The molecule has 1 heterocycles. The summed E-state index contributed by atoms with van der Waals surface area (Å²) in [5.41, 5.74) is 0. The number of aryl methyl sites for hydroxylation is 1. The lowest BCUT2D eigenvalue weighted by Gasteiger charge is -2.40. The lowest BCUT2D eigenvalue weighted by Crippen LogP contribution is -2.40. The first-order chi connectivity index (χ1) is 8.08. The van der Waals surface area contributed by atoms with Crippen LogP contribution in [0.25, 0.3) is 0 Å². The van der Waals surface area contributed by atoms with Crippen molar-refractivity contribution in [2.45, 2.75) is 24.0 Å². The van der Waals surface area contributed by atoms with Gasteiger partial charge in [0.25, 0.3) is 0 Å². The highest BCUT2D eigenvalue weighted by atomic mass is 32.2. The zero-order valence-electron chi connectivity index (χ0n) is 9.97. The maximum atomic E-state index is 10.8. The first kappa shape index (κ1) is 12.2. The van der Waals surface area contributed by atoms with Gasteiger partial charge in [-0.25, -0.2) is 0 Å². The lowest BCUT2D eigenvalue weighted by atomic mass is 9.84. The van der Waals surface area contributed by atoms with Crippen LogP contribution in [0.2, 0.25) is 0 Å². The van der Waals surface area contributed by atoms with Crippen LogP contribution in [0, 0.1) is 10.1 Å². The van der Waals surface area contributed by atoms with Crippen LogP contribution < -0.4 is 5.32 Å². The highest BCUT2D eigenvalue weighted by molar-refractivity contribution is 8.00. The second kappa shape index (κ2) is 4.56. The third kappa shape index (κ3) is 2.24. The quantitative estimate of drug-likeness (QED) is 0.644. The predicted octanol–water partition coefficient (Wildman–Crippen LogP) is 2.03. The van der Waals surface area contributed by atoms with Gasteiger partial charge in [0.05, 0.1) is 0 Å². The molecule has 1 saturated carbocycles. The van der Waals surface area contributed by atoms with E-state index in [1.165, 1.54) is 25.6 Å². The third-order valence-electron chi connectivity index (χ3n) is 3.37. The summed E-state index contributed by atoms with van der Waals surface area (Å²) in [5.74, 6) is 0.401. The summed E-state index contributed by atoms with van der Waals surface area (Å²) in [4.78, 5) is 14.1. The van der Waals surface area contributed by atoms with E-state index < -0.39 is 4.92 Å². The van der Waals surface area contributed by atoms with Crippen LogP contribution in [0.4, 0.5) is 11.6 Å². The van der Waals surface area contributed by atoms with Crippen molar-refractivity contribution in [1.82, 2.24) is 9.55 Å². The van der Waals surface area contributed by atoms with Crippen LogP contribution in [0.3, 0.4) is 0 Å². The minimum Gasteiger partial charge on any atom is -0.363 e.